The van der Waals surface area contributed by atoms with Gasteiger partial charge in [-0.2, -0.15) is 0 Å². The van der Waals surface area contributed by atoms with Crippen LogP contribution in [0, 0.1) is 25.7 Å². The van der Waals surface area contributed by atoms with Crippen molar-refractivity contribution in [1.82, 2.24) is 10.2 Å². The zero-order valence-electron chi connectivity index (χ0n) is 22.0. The average Bonchev–Trinajstić information content (AvgIpc) is 3.55. The number of likely N-dealkylation sites (tertiary alicyclic amines) is 1. The SMILES string of the molecule is Cc1ccc(NC(=O)C2C3C=CC4(O3)C2C(=O)N(Cc2ccccc2)C4C(=O)NC2CCCCC2)cc1C. The number of carbonyl (C=O) groups excluding carboxylic acids is 3. The molecule has 3 heterocycles. The monoisotopic (exact) mass is 513 g/mol. The lowest BCUT2D eigenvalue weighted by molar-refractivity contribution is -0.142. The van der Waals surface area contributed by atoms with Crippen LogP contribution in [-0.2, 0) is 25.7 Å². The zero-order chi connectivity index (χ0) is 26.4. The molecule has 38 heavy (non-hydrogen) atoms. The number of benzene rings is 2. The molecule has 2 N–H and O–H groups in total. The van der Waals surface area contributed by atoms with Gasteiger partial charge in [-0.15, -0.1) is 0 Å². The lowest BCUT2D eigenvalue weighted by Gasteiger charge is -2.34. The van der Waals surface area contributed by atoms with Gasteiger partial charge in [-0.25, -0.2) is 0 Å². The standard InChI is InChI=1S/C31H35N3O4/c1-19-13-14-23(17-20(19)2)33-28(35)25-24-15-16-31(38-24)26(25)30(37)34(18-21-9-5-3-6-10-21)27(31)29(36)32-22-11-7-4-8-12-22/h3,5-6,9-10,13-17,22,24-27H,4,7-8,11-12,18H2,1-2H3,(H,32,36)(H,33,35). The van der Waals surface area contributed by atoms with Crippen LogP contribution in [0.25, 0.3) is 0 Å². The second kappa shape index (κ2) is 9.70. The number of nitrogens with zero attached hydrogens (tertiary/aromatic N) is 1. The molecule has 3 aliphatic heterocycles. The van der Waals surface area contributed by atoms with E-state index in [2.05, 4.69) is 10.6 Å². The number of nitrogens with one attached hydrogen (secondary N) is 2. The van der Waals surface area contributed by atoms with Gasteiger partial charge in [0.25, 0.3) is 0 Å². The highest BCUT2D eigenvalue weighted by atomic mass is 16.5. The highest BCUT2D eigenvalue weighted by Gasteiger charge is 2.72. The summed E-state index contributed by atoms with van der Waals surface area (Å²) in [5.74, 6) is -2.11. The molecule has 6 rings (SSSR count). The van der Waals surface area contributed by atoms with E-state index < -0.39 is 29.6 Å². The molecule has 2 aromatic rings. The summed E-state index contributed by atoms with van der Waals surface area (Å²) in [6.45, 7) is 4.31. The molecule has 2 aromatic carbocycles. The van der Waals surface area contributed by atoms with E-state index in [1.807, 2.05) is 74.5 Å². The second-order valence-electron chi connectivity index (χ2n) is 11.3. The first-order valence-electron chi connectivity index (χ1n) is 13.8. The number of carbonyl (C=O) groups is 3. The van der Waals surface area contributed by atoms with Crippen LogP contribution in [0.1, 0.15) is 48.8 Å². The third-order valence-corrected chi connectivity index (χ3v) is 8.85. The first kappa shape index (κ1) is 24.9. The summed E-state index contributed by atoms with van der Waals surface area (Å²) in [6, 6.07) is 14.7. The fourth-order valence-corrected chi connectivity index (χ4v) is 6.79. The molecule has 1 saturated carbocycles. The molecule has 4 aliphatic rings. The van der Waals surface area contributed by atoms with Crippen LogP contribution < -0.4 is 10.6 Å². The van der Waals surface area contributed by atoms with Crippen molar-refractivity contribution < 1.29 is 19.1 Å². The Morgan fingerprint density at radius 2 is 1.76 bits per heavy atom. The quantitative estimate of drug-likeness (QED) is 0.571. The van der Waals surface area contributed by atoms with E-state index in [9.17, 15) is 14.4 Å². The Bertz CT molecular complexity index is 1290. The molecular formula is C31H35N3O4. The van der Waals surface area contributed by atoms with Crippen LogP contribution in [0.4, 0.5) is 5.69 Å². The van der Waals surface area contributed by atoms with E-state index in [1.165, 1.54) is 6.42 Å². The van der Waals surface area contributed by atoms with Crippen LogP contribution in [0.5, 0.6) is 0 Å². The van der Waals surface area contributed by atoms with E-state index in [4.69, 9.17) is 4.74 Å². The Hall–Kier alpha value is -3.45. The predicted molar refractivity (Wildman–Crippen MR) is 144 cm³/mol. The fraction of sp³-hybridized carbons (Fsp3) is 0.452. The second-order valence-corrected chi connectivity index (χ2v) is 11.3. The molecular weight excluding hydrogens is 478 g/mol. The smallest absolute Gasteiger partial charge is 0.246 e. The van der Waals surface area contributed by atoms with Crippen LogP contribution in [0.15, 0.2) is 60.7 Å². The summed E-state index contributed by atoms with van der Waals surface area (Å²) in [5.41, 5.74) is 2.69. The lowest BCUT2D eigenvalue weighted by Crippen LogP contribution is -2.56. The van der Waals surface area contributed by atoms with Gasteiger partial charge in [0.2, 0.25) is 17.7 Å². The van der Waals surface area contributed by atoms with Crippen molar-refractivity contribution >= 4 is 23.4 Å². The fourth-order valence-electron chi connectivity index (χ4n) is 6.79. The molecule has 3 fully saturated rings. The lowest BCUT2D eigenvalue weighted by atomic mass is 9.74. The van der Waals surface area contributed by atoms with Gasteiger partial charge in [-0.3, -0.25) is 14.4 Å². The van der Waals surface area contributed by atoms with Crippen LogP contribution in [0.2, 0.25) is 0 Å². The van der Waals surface area contributed by atoms with Gasteiger partial charge in [0.1, 0.15) is 11.6 Å². The molecule has 2 bridgehead atoms. The maximum atomic E-state index is 14.1. The Kier molecular flexibility index (Phi) is 6.34. The Morgan fingerprint density at radius 1 is 1.00 bits per heavy atom. The average molecular weight is 514 g/mol. The number of anilines is 1. The molecule has 7 heteroatoms. The number of amides is 3. The molecule has 5 atom stereocenters. The maximum Gasteiger partial charge on any atom is 0.246 e. The van der Waals surface area contributed by atoms with Crippen molar-refractivity contribution in [3.63, 3.8) is 0 Å². The van der Waals surface area contributed by atoms with E-state index in [-0.39, 0.29) is 30.3 Å². The van der Waals surface area contributed by atoms with Crippen molar-refractivity contribution in [1.29, 1.82) is 0 Å². The van der Waals surface area contributed by atoms with Crippen LogP contribution in [0.3, 0.4) is 0 Å². The van der Waals surface area contributed by atoms with Gasteiger partial charge in [0, 0.05) is 18.3 Å². The predicted octanol–water partition coefficient (Wildman–Crippen LogP) is 4.04. The van der Waals surface area contributed by atoms with Crippen LogP contribution >= 0.6 is 0 Å². The number of hydrogen-bond donors (Lipinski definition) is 2. The number of aryl methyl sites for hydroxylation is 2. The number of rotatable bonds is 6. The Labute approximate surface area is 223 Å². The third kappa shape index (κ3) is 4.13. The van der Waals surface area contributed by atoms with E-state index in [0.29, 0.717) is 5.69 Å². The molecule has 2 saturated heterocycles. The van der Waals surface area contributed by atoms with Crippen LogP contribution in [-0.4, -0.2) is 46.4 Å². The van der Waals surface area contributed by atoms with Gasteiger partial charge in [0.05, 0.1) is 17.9 Å². The van der Waals surface area contributed by atoms with E-state index in [1.54, 1.807) is 4.90 Å². The summed E-state index contributed by atoms with van der Waals surface area (Å²) in [4.78, 5) is 43.3. The molecule has 0 aromatic heterocycles. The first-order chi connectivity index (χ1) is 18.4. The van der Waals surface area contributed by atoms with Gasteiger partial charge in [-0.05, 0) is 55.5 Å². The summed E-state index contributed by atoms with van der Waals surface area (Å²) in [5, 5.41) is 6.25. The first-order valence-corrected chi connectivity index (χ1v) is 13.8. The summed E-state index contributed by atoms with van der Waals surface area (Å²) >= 11 is 0. The van der Waals surface area contributed by atoms with Crippen molar-refractivity contribution in [2.75, 3.05) is 5.32 Å². The van der Waals surface area contributed by atoms with Gasteiger partial charge < -0.3 is 20.3 Å². The Morgan fingerprint density at radius 3 is 2.50 bits per heavy atom. The van der Waals surface area contributed by atoms with Crippen molar-refractivity contribution in [3.8, 4) is 0 Å². The van der Waals surface area contributed by atoms with E-state index >= 15 is 0 Å². The normalized spacial score (nSPS) is 29.9. The third-order valence-electron chi connectivity index (χ3n) is 8.85. The topological polar surface area (TPSA) is 87.7 Å². The summed E-state index contributed by atoms with van der Waals surface area (Å²) in [7, 11) is 0. The van der Waals surface area contributed by atoms with Crippen molar-refractivity contribution in [3.05, 3.63) is 77.4 Å². The summed E-state index contributed by atoms with van der Waals surface area (Å²) < 4.78 is 6.46. The number of fused-ring (bicyclic) bond motifs is 1. The number of ether oxygens (including phenoxy) is 1. The highest BCUT2D eigenvalue weighted by Crippen LogP contribution is 2.55. The Balaban J connectivity index is 1.32. The molecule has 198 valence electrons. The summed E-state index contributed by atoms with van der Waals surface area (Å²) in [6.07, 6.45) is 8.45. The highest BCUT2D eigenvalue weighted by molar-refractivity contribution is 6.02. The number of hydrogen-bond acceptors (Lipinski definition) is 4. The maximum absolute atomic E-state index is 14.1. The van der Waals surface area contributed by atoms with Crippen molar-refractivity contribution in [2.24, 2.45) is 11.8 Å². The van der Waals surface area contributed by atoms with Gasteiger partial charge in [0.15, 0.2) is 0 Å². The van der Waals surface area contributed by atoms with Gasteiger partial charge in [-0.1, -0.05) is 67.8 Å². The minimum absolute atomic E-state index is 0.104. The van der Waals surface area contributed by atoms with Crippen molar-refractivity contribution in [2.45, 2.75) is 76.3 Å². The van der Waals surface area contributed by atoms with E-state index in [0.717, 1.165) is 42.4 Å². The van der Waals surface area contributed by atoms with Gasteiger partial charge >= 0.3 is 0 Å². The zero-order valence-corrected chi connectivity index (χ0v) is 22.0. The minimum Gasteiger partial charge on any atom is -0.359 e. The molecule has 3 amide bonds. The molecule has 1 spiro atoms. The molecule has 7 nitrogen and oxygen atoms in total. The largest absolute Gasteiger partial charge is 0.359 e. The minimum atomic E-state index is -1.15. The molecule has 5 unspecified atom stereocenters. The molecule has 0 radical (unpaired) electrons. The molecule has 1 aliphatic carbocycles.